The zero-order chi connectivity index (χ0) is 12.0. The fourth-order valence-corrected chi connectivity index (χ4v) is 1.43. The van der Waals surface area contributed by atoms with Crippen LogP contribution in [0, 0.1) is 13.8 Å². The van der Waals surface area contributed by atoms with Gasteiger partial charge < -0.3 is 5.73 Å². The summed E-state index contributed by atoms with van der Waals surface area (Å²) in [4.78, 5) is 2.70. The molecule has 0 atom stereocenters. The summed E-state index contributed by atoms with van der Waals surface area (Å²) < 4.78 is 0. The van der Waals surface area contributed by atoms with E-state index in [9.17, 15) is 0 Å². The summed E-state index contributed by atoms with van der Waals surface area (Å²) in [5, 5.41) is 3.47. The molecular weight excluding hydrogens is 200 g/mol. The first-order valence-electron chi connectivity index (χ1n) is 5.20. The SMILES string of the molecule is Cc1c(N)ccc(C=CCCN=[N+]=[N-])c1C. The average Bonchev–Trinajstić information content (AvgIpc) is 2.28. The minimum Gasteiger partial charge on any atom is -0.399 e. The predicted molar refractivity (Wildman–Crippen MR) is 68.0 cm³/mol. The van der Waals surface area contributed by atoms with E-state index in [1.54, 1.807) is 0 Å². The molecule has 16 heavy (non-hydrogen) atoms. The number of anilines is 1. The smallest absolute Gasteiger partial charge is 0.0346 e. The molecule has 0 aromatic heterocycles. The van der Waals surface area contributed by atoms with E-state index in [0.29, 0.717) is 6.54 Å². The van der Waals surface area contributed by atoms with Crippen LogP contribution in [0.2, 0.25) is 0 Å². The second-order valence-corrected chi connectivity index (χ2v) is 3.64. The molecule has 0 saturated carbocycles. The van der Waals surface area contributed by atoms with Gasteiger partial charge in [-0.3, -0.25) is 0 Å². The van der Waals surface area contributed by atoms with Gasteiger partial charge in [-0.2, -0.15) is 0 Å². The summed E-state index contributed by atoms with van der Waals surface area (Å²) >= 11 is 0. The number of hydrogen-bond acceptors (Lipinski definition) is 2. The van der Waals surface area contributed by atoms with Crippen molar-refractivity contribution in [2.75, 3.05) is 12.3 Å². The molecule has 0 amide bonds. The molecule has 1 aromatic rings. The molecule has 0 saturated heterocycles. The van der Waals surface area contributed by atoms with Crippen molar-refractivity contribution in [2.45, 2.75) is 20.3 Å². The Kier molecular flexibility index (Phi) is 4.42. The molecule has 0 aliphatic rings. The molecule has 1 rings (SSSR count). The van der Waals surface area contributed by atoms with Crippen molar-refractivity contribution in [1.82, 2.24) is 0 Å². The normalized spacial score (nSPS) is 10.4. The second-order valence-electron chi connectivity index (χ2n) is 3.64. The highest BCUT2D eigenvalue weighted by molar-refractivity contribution is 5.62. The Hall–Kier alpha value is -1.93. The number of hydrogen-bond donors (Lipinski definition) is 1. The summed E-state index contributed by atoms with van der Waals surface area (Å²) in [5.74, 6) is 0. The fourth-order valence-electron chi connectivity index (χ4n) is 1.43. The first-order valence-corrected chi connectivity index (χ1v) is 5.20. The lowest BCUT2D eigenvalue weighted by molar-refractivity contribution is 0.995. The minimum atomic E-state index is 0.500. The highest BCUT2D eigenvalue weighted by Gasteiger charge is 2.00. The van der Waals surface area contributed by atoms with Crippen LogP contribution in [0.5, 0.6) is 0 Å². The van der Waals surface area contributed by atoms with Crippen LogP contribution in [-0.4, -0.2) is 6.54 Å². The fraction of sp³-hybridized carbons (Fsp3) is 0.333. The van der Waals surface area contributed by atoms with Crippen LogP contribution in [0.15, 0.2) is 23.3 Å². The van der Waals surface area contributed by atoms with E-state index < -0.39 is 0 Å². The molecule has 84 valence electrons. The monoisotopic (exact) mass is 216 g/mol. The van der Waals surface area contributed by atoms with Crippen LogP contribution in [-0.2, 0) is 0 Å². The van der Waals surface area contributed by atoms with Crippen LogP contribution < -0.4 is 5.73 Å². The standard InChI is InChI=1S/C12H16N4/c1-9-10(2)12(13)7-6-11(9)5-3-4-8-15-16-14/h3,5-7H,4,8,13H2,1-2H3. The molecule has 0 spiro atoms. The molecule has 1 aromatic carbocycles. The molecule has 0 fully saturated rings. The quantitative estimate of drug-likeness (QED) is 0.270. The third-order valence-electron chi connectivity index (χ3n) is 2.63. The molecular formula is C12H16N4. The summed E-state index contributed by atoms with van der Waals surface area (Å²) in [6.07, 6.45) is 4.80. The van der Waals surface area contributed by atoms with Gasteiger partial charge in [-0.15, -0.1) is 0 Å². The van der Waals surface area contributed by atoms with Gasteiger partial charge in [0.15, 0.2) is 0 Å². The Bertz CT molecular complexity index is 443. The lowest BCUT2D eigenvalue weighted by Crippen LogP contribution is -1.94. The molecule has 0 heterocycles. The van der Waals surface area contributed by atoms with Gasteiger partial charge in [-0.25, -0.2) is 0 Å². The van der Waals surface area contributed by atoms with Gasteiger partial charge in [0.2, 0.25) is 0 Å². The average molecular weight is 216 g/mol. The van der Waals surface area contributed by atoms with Gasteiger partial charge in [-0.05, 0) is 48.6 Å². The summed E-state index contributed by atoms with van der Waals surface area (Å²) in [7, 11) is 0. The van der Waals surface area contributed by atoms with Crippen molar-refractivity contribution >= 4 is 11.8 Å². The van der Waals surface area contributed by atoms with Crippen molar-refractivity contribution in [3.05, 3.63) is 45.3 Å². The van der Waals surface area contributed by atoms with E-state index in [0.717, 1.165) is 23.2 Å². The van der Waals surface area contributed by atoms with Gasteiger partial charge in [0, 0.05) is 17.1 Å². The summed E-state index contributed by atoms with van der Waals surface area (Å²) in [6.45, 7) is 4.57. The largest absolute Gasteiger partial charge is 0.399 e. The molecule has 0 unspecified atom stereocenters. The lowest BCUT2D eigenvalue weighted by Gasteiger charge is -2.07. The summed E-state index contributed by atoms with van der Waals surface area (Å²) in [5.41, 5.74) is 18.2. The number of nitrogens with two attached hydrogens (primary N) is 1. The van der Waals surface area contributed by atoms with E-state index in [1.807, 2.05) is 31.2 Å². The molecule has 0 radical (unpaired) electrons. The number of nitrogens with zero attached hydrogens (tertiary/aromatic N) is 3. The van der Waals surface area contributed by atoms with Crippen LogP contribution >= 0.6 is 0 Å². The molecule has 0 bridgehead atoms. The Morgan fingerprint density at radius 1 is 1.38 bits per heavy atom. The van der Waals surface area contributed by atoms with E-state index in [1.165, 1.54) is 5.56 Å². The van der Waals surface area contributed by atoms with Gasteiger partial charge in [-0.1, -0.05) is 23.3 Å². The maximum Gasteiger partial charge on any atom is 0.0346 e. The predicted octanol–water partition coefficient (Wildman–Crippen LogP) is 3.60. The third-order valence-corrected chi connectivity index (χ3v) is 2.63. The first kappa shape index (κ1) is 12.1. The minimum absolute atomic E-state index is 0.500. The lowest BCUT2D eigenvalue weighted by atomic mass is 10.0. The van der Waals surface area contributed by atoms with E-state index in [4.69, 9.17) is 11.3 Å². The van der Waals surface area contributed by atoms with E-state index in [-0.39, 0.29) is 0 Å². The number of nitrogen functional groups attached to an aromatic ring is 1. The van der Waals surface area contributed by atoms with Crippen molar-refractivity contribution in [2.24, 2.45) is 5.11 Å². The zero-order valence-corrected chi connectivity index (χ0v) is 9.64. The van der Waals surface area contributed by atoms with Gasteiger partial charge in [0.1, 0.15) is 0 Å². The molecule has 0 aliphatic carbocycles. The Balaban J connectivity index is 2.74. The Morgan fingerprint density at radius 3 is 2.81 bits per heavy atom. The Labute approximate surface area is 95.4 Å². The maximum absolute atomic E-state index is 8.11. The van der Waals surface area contributed by atoms with Crippen molar-refractivity contribution < 1.29 is 0 Å². The van der Waals surface area contributed by atoms with Crippen LogP contribution in [0.4, 0.5) is 5.69 Å². The van der Waals surface area contributed by atoms with Crippen molar-refractivity contribution in [3.8, 4) is 0 Å². The molecule has 4 heteroatoms. The zero-order valence-electron chi connectivity index (χ0n) is 9.64. The highest BCUT2D eigenvalue weighted by Crippen LogP contribution is 2.20. The molecule has 4 nitrogen and oxygen atoms in total. The number of azide groups is 1. The molecule has 2 N–H and O–H groups in total. The van der Waals surface area contributed by atoms with Crippen LogP contribution in [0.3, 0.4) is 0 Å². The van der Waals surface area contributed by atoms with Crippen molar-refractivity contribution in [1.29, 1.82) is 0 Å². The molecule has 0 aliphatic heterocycles. The second kappa shape index (κ2) is 5.83. The number of benzene rings is 1. The topological polar surface area (TPSA) is 74.8 Å². The Morgan fingerprint density at radius 2 is 2.12 bits per heavy atom. The third kappa shape index (κ3) is 3.04. The van der Waals surface area contributed by atoms with E-state index >= 15 is 0 Å². The first-order chi connectivity index (χ1) is 7.66. The highest BCUT2D eigenvalue weighted by atomic mass is 15.1. The summed E-state index contributed by atoms with van der Waals surface area (Å²) in [6, 6.07) is 3.91. The van der Waals surface area contributed by atoms with Gasteiger partial charge >= 0.3 is 0 Å². The van der Waals surface area contributed by atoms with Gasteiger partial charge in [0.25, 0.3) is 0 Å². The van der Waals surface area contributed by atoms with E-state index in [2.05, 4.69) is 16.9 Å². The van der Waals surface area contributed by atoms with Gasteiger partial charge in [0.05, 0.1) is 0 Å². The maximum atomic E-state index is 8.11. The van der Waals surface area contributed by atoms with Crippen LogP contribution in [0.25, 0.3) is 16.5 Å². The van der Waals surface area contributed by atoms with Crippen molar-refractivity contribution in [3.63, 3.8) is 0 Å². The van der Waals surface area contributed by atoms with Crippen LogP contribution in [0.1, 0.15) is 23.1 Å². The number of rotatable bonds is 4.